The Bertz CT molecular complexity index is 631. The molecule has 21 heavy (non-hydrogen) atoms. The highest BCUT2D eigenvalue weighted by molar-refractivity contribution is 5.57. The quantitative estimate of drug-likeness (QED) is 0.871. The molecule has 0 amide bonds. The van der Waals surface area contributed by atoms with Gasteiger partial charge in [0, 0.05) is 5.69 Å². The molecular formula is C14H19N5O2. The topological polar surface area (TPSA) is 95.2 Å². The van der Waals surface area contributed by atoms with Crippen molar-refractivity contribution in [2.45, 2.75) is 26.9 Å². The van der Waals surface area contributed by atoms with E-state index in [1.54, 1.807) is 7.11 Å². The molecule has 0 radical (unpaired) electrons. The first-order valence-corrected chi connectivity index (χ1v) is 6.58. The number of hydrogen-bond acceptors (Lipinski definition) is 7. The van der Waals surface area contributed by atoms with Crippen molar-refractivity contribution in [1.82, 2.24) is 15.0 Å². The number of nitrogens with one attached hydrogen (secondary N) is 1. The van der Waals surface area contributed by atoms with Gasteiger partial charge in [-0.25, -0.2) is 0 Å². The lowest BCUT2D eigenvalue weighted by atomic mass is 10.2. The van der Waals surface area contributed by atoms with Gasteiger partial charge in [0.25, 0.3) is 0 Å². The van der Waals surface area contributed by atoms with E-state index in [4.69, 9.17) is 15.2 Å². The first-order chi connectivity index (χ1) is 9.97. The first-order valence-electron chi connectivity index (χ1n) is 6.58. The molecular weight excluding hydrogens is 270 g/mol. The summed E-state index contributed by atoms with van der Waals surface area (Å²) in [7, 11) is 1.64. The fourth-order valence-electron chi connectivity index (χ4n) is 1.78. The highest BCUT2D eigenvalue weighted by atomic mass is 16.5. The summed E-state index contributed by atoms with van der Waals surface area (Å²) in [5, 5.41) is 3.07. The number of nitrogens with two attached hydrogens (primary N) is 1. The van der Waals surface area contributed by atoms with Crippen molar-refractivity contribution in [3.05, 3.63) is 23.8 Å². The number of rotatable bonds is 5. The second-order valence-corrected chi connectivity index (χ2v) is 4.78. The van der Waals surface area contributed by atoms with Crippen molar-refractivity contribution in [3.8, 4) is 11.8 Å². The van der Waals surface area contributed by atoms with Crippen molar-refractivity contribution in [1.29, 1.82) is 0 Å². The van der Waals surface area contributed by atoms with Gasteiger partial charge in [0.05, 0.1) is 13.2 Å². The van der Waals surface area contributed by atoms with Gasteiger partial charge in [-0.1, -0.05) is 0 Å². The number of ether oxygens (including phenoxy) is 2. The highest BCUT2D eigenvalue weighted by Gasteiger charge is 2.08. The lowest BCUT2D eigenvalue weighted by molar-refractivity contribution is 0.222. The molecule has 0 saturated carbocycles. The summed E-state index contributed by atoms with van der Waals surface area (Å²) in [5.74, 6) is 1.26. The van der Waals surface area contributed by atoms with E-state index < -0.39 is 0 Å². The summed E-state index contributed by atoms with van der Waals surface area (Å²) in [5.41, 5.74) is 7.49. The molecule has 1 aromatic heterocycles. The second-order valence-electron chi connectivity index (χ2n) is 4.78. The number of methoxy groups -OCH3 is 1. The normalized spacial score (nSPS) is 10.5. The largest absolute Gasteiger partial charge is 0.496 e. The van der Waals surface area contributed by atoms with Crippen LogP contribution in [0.2, 0.25) is 0 Å². The Morgan fingerprint density at radius 2 is 1.95 bits per heavy atom. The standard InChI is InChI=1S/C14H19N5O2/c1-8(2)21-14-18-12(15)17-13(19-14)16-10-5-6-11(20-4)9(3)7-10/h5-8H,1-4H3,(H3,15,16,17,18,19). The van der Waals surface area contributed by atoms with Crippen LogP contribution >= 0.6 is 0 Å². The lowest BCUT2D eigenvalue weighted by Crippen LogP contribution is -2.11. The average Bonchev–Trinajstić information content (AvgIpc) is 2.37. The Morgan fingerprint density at radius 1 is 1.19 bits per heavy atom. The van der Waals surface area contributed by atoms with Crippen LogP contribution in [0.4, 0.5) is 17.6 Å². The average molecular weight is 289 g/mol. The van der Waals surface area contributed by atoms with E-state index in [0.717, 1.165) is 17.0 Å². The summed E-state index contributed by atoms with van der Waals surface area (Å²) < 4.78 is 10.7. The van der Waals surface area contributed by atoms with Crippen LogP contribution < -0.4 is 20.5 Å². The van der Waals surface area contributed by atoms with Crippen LogP contribution in [0.15, 0.2) is 18.2 Å². The number of nitrogen functional groups attached to an aromatic ring is 1. The van der Waals surface area contributed by atoms with E-state index in [9.17, 15) is 0 Å². The smallest absolute Gasteiger partial charge is 0.323 e. The fourth-order valence-corrected chi connectivity index (χ4v) is 1.78. The zero-order valence-corrected chi connectivity index (χ0v) is 12.5. The van der Waals surface area contributed by atoms with Crippen molar-refractivity contribution < 1.29 is 9.47 Å². The van der Waals surface area contributed by atoms with Gasteiger partial charge in [-0.2, -0.15) is 15.0 Å². The van der Waals surface area contributed by atoms with Gasteiger partial charge in [-0.3, -0.25) is 0 Å². The van der Waals surface area contributed by atoms with E-state index in [2.05, 4.69) is 20.3 Å². The number of anilines is 3. The third-order valence-electron chi connectivity index (χ3n) is 2.62. The Morgan fingerprint density at radius 3 is 2.57 bits per heavy atom. The SMILES string of the molecule is COc1ccc(Nc2nc(N)nc(OC(C)C)n2)cc1C. The molecule has 3 N–H and O–H groups in total. The van der Waals surface area contributed by atoms with Gasteiger partial charge >= 0.3 is 6.01 Å². The summed E-state index contributed by atoms with van der Waals surface area (Å²) in [6, 6.07) is 5.87. The lowest BCUT2D eigenvalue weighted by Gasteiger charge is -2.11. The molecule has 1 aromatic carbocycles. The molecule has 7 nitrogen and oxygen atoms in total. The Hall–Kier alpha value is -2.57. The minimum absolute atomic E-state index is 0.0390. The van der Waals surface area contributed by atoms with Crippen molar-refractivity contribution in [2.24, 2.45) is 0 Å². The zero-order chi connectivity index (χ0) is 15.4. The molecule has 1 heterocycles. The van der Waals surface area contributed by atoms with Crippen molar-refractivity contribution in [2.75, 3.05) is 18.2 Å². The van der Waals surface area contributed by atoms with Gasteiger partial charge in [0.1, 0.15) is 5.75 Å². The molecule has 7 heteroatoms. The van der Waals surface area contributed by atoms with Crippen molar-refractivity contribution in [3.63, 3.8) is 0 Å². The van der Waals surface area contributed by atoms with Gasteiger partial charge in [-0.05, 0) is 44.5 Å². The summed E-state index contributed by atoms with van der Waals surface area (Å²) >= 11 is 0. The molecule has 2 rings (SSSR count). The predicted octanol–water partition coefficient (Wildman–Crippen LogP) is 2.30. The maximum absolute atomic E-state index is 5.66. The van der Waals surface area contributed by atoms with Crippen LogP contribution in [0.3, 0.4) is 0 Å². The van der Waals surface area contributed by atoms with E-state index in [1.165, 1.54) is 0 Å². The van der Waals surface area contributed by atoms with Gasteiger partial charge in [0.15, 0.2) is 0 Å². The molecule has 0 saturated heterocycles. The highest BCUT2D eigenvalue weighted by Crippen LogP contribution is 2.23. The van der Waals surface area contributed by atoms with Gasteiger partial charge in [0.2, 0.25) is 11.9 Å². The minimum atomic E-state index is -0.0390. The Kier molecular flexibility index (Phi) is 4.42. The van der Waals surface area contributed by atoms with Crippen LogP contribution in [-0.2, 0) is 0 Å². The summed E-state index contributed by atoms with van der Waals surface area (Å²) in [4.78, 5) is 12.2. The van der Waals surface area contributed by atoms with Crippen molar-refractivity contribution >= 4 is 17.6 Å². The third-order valence-corrected chi connectivity index (χ3v) is 2.62. The van der Waals surface area contributed by atoms with E-state index in [1.807, 2.05) is 39.0 Å². The third kappa shape index (κ3) is 3.95. The second kappa shape index (κ2) is 6.25. The molecule has 0 aliphatic heterocycles. The van der Waals surface area contributed by atoms with Crippen LogP contribution in [0.25, 0.3) is 0 Å². The summed E-state index contributed by atoms with van der Waals surface area (Å²) in [6.07, 6.45) is -0.0390. The molecule has 0 spiro atoms. The van der Waals surface area contributed by atoms with Gasteiger partial charge < -0.3 is 20.5 Å². The molecule has 112 valence electrons. The number of hydrogen-bond donors (Lipinski definition) is 2. The molecule has 0 aliphatic carbocycles. The van der Waals surface area contributed by atoms with Crippen LogP contribution in [0, 0.1) is 6.92 Å². The molecule has 0 unspecified atom stereocenters. The maximum atomic E-state index is 5.66. The van der Waals surface area contributed by atoms with E-state index in [-0.39, 0.29) is 18.1 Å². The van der Waals surface area contributed by atoms with Gasteiger partial charge in [-0.15, -0.1) is 0 Å². The molecule has 0 bridgehead atoms. The fraction of sp³-hybridized carbons (Fsp3) is 0.357. The summed E-state index contributed by atoms with van der Waals surface area (Å²) in [6.45, 7) is 5.74. The molecule has 0 aliphatic rings. The Balaban J connectivity index is 2.22. The number of nitrogens with zero attached hydrogens (tertiary/aromatic N) is 3. The molecule has 2 aromatic rings. The molecule has 0 fully saturated rings. The van der Waals surface area contributed by atoms with Crippen LogP contribution in [0.5, 0.6) is 11.8 Å². The minimum Gasteiger partial charge on any atom is -0.496 e. The van der Waals surface area contributed by atoms with E-state index in [0.29, 0.717) is 5.95 Å². The predicted molar refractivity (Wildman–Crippen MR) is 81.0 cm³/mol. The monoisotopic (exact) mass is 289 g/mol. The first kappa shape index (κ1) is 14.8. The zero-order valence-electron chi connectivity index (χ0n) is 12.5. The van der Waals surface area contributed by atoms with E-state index >= 15 is 0 Å². The maximum Gasteiger partial charge on any atom is 0.323 e. The number of aromatic nitrogens is 3. The van der Waals surface area contributed by atoms with Crippen LogP contribution in [0.1, 0.15) is 19.4 Å². The number of benzene rings is 1. The Labute approximate surface area is 123 Å². The van der Waals surface area contributed by atoms with Crippen LogP contribution in [-0.4, -0.2) is 28.2 Å². The number of aryl methyl sites for hydroxylation is 1. The molecule has 0 atom stereocenters.